The number of piperidine rings is 1. The first-order valence-electron chi connectivity index (χ1n) is 6.14. The van der Waals surface area contributed by atoms with Gasteiger partial charge in [-0.1, -0.05) is 0 Å². The van der Waals surface area contributed by atoms with Crippen molar-refractivity contribution in [3.05, 3.63) is 0 Å². The Balaban J connectivity index is 2.24. The van der Waals surface area contributed by atoms with Gasteiger partial charge in [-0.15, -0.1) is 0 Å². The summed E-state index contributed by atoms with van der Waals surface area (Å²) in [6.07, 6.45) is 2.78. The first-order chi connectivity index (χ1) is 7.98. The summed E-state index contributed by atoms with van der Waals surface area (Å²) in [6, 6.07) is 0. The van der Waals surface area contributed by atoms with Crippen LogP contribution in [-0.2, 0) is 9.59 Å². The molecule has 0 radical (unpaired) electrons. The minimum atomic E-state index is -0.692. The quantitative estimate of drug-likeness (QED) is 0.744. The van der Waals surface area contributed by atoms with Crippen LogP contribution in [-0.4, -0.2) is 48.6 Å². The van der Waals surface area contributed by atoms with E-state index >= 15 is 0 Å². The average Bonchev–Trinajstić information content (AvgIpc) is 2.31. The van der Waals surface area contributed by atoms with Crippen molar-refractivity contribution in [2.24, 2.45) is 5.41 Å². The van der Waals surface area contributed by atoms with Gasteiger partial charge in [0.25, 0.3) is 0 Å². The van der Waals surface area contributed by atoms with Crippen LogP contribution in [0.25, 0.3) is 0 Å². The van der Waals surface area contributed by atoms with Crippen LogP contribution < -0.4 is 5.32 Å². The van der Waals surface area contributed by atoms with Crippen LogP contribution in [0, 0.1) is 5.41 Å². The van der Waals surface area contributed by atoms with Crippen LogP contribution in [0.5, 0.6) is 0 Å². The number of aliphatic carboxylic acids is 1. The number of rotatable bonds is 5. The van der Waals surface area contributed by atoms with Gasteiger partial charge in [0, 0.05) is 13.5 Å². The number of nitrogens with zero attached hydrogens (tertiary/aromatic N) is 1. The number of carbonyl (C=O) groups excluding carboxylic acids is 1. The number of amides is 1. The number of carbonyl (C=O) groups is 2. The van der Waals surface area contributed by atoms with Gasteiger partial charge in [0.1, 0.15) is 0 Å². The molecule has 1 rings (SSSR count). The fraction of sp³-hybridized carbons (Fsp3) is 0.833. The van der Waals surface area contributed by atoms with Crippen LogP contribution in [0.15, 0.2) is 0 Å². The molecule has 98 valence electrons. The van der Waals surface area contributed by atoms with Crippen molar-refractivity contribution in [1.29, 1.82) is 0 Å². The molecule has 1 fully saturated rings. The van der Waals surface area contributed by atoms with Crippen molar-refractivity contribution in [2.75, 3.05) is 26.7 Å². The lowest BCUT2D eigenvalue weighted by Crippen LogP contribution is -2.43. The molecule has 0 saturated carbocycles. The van der Waals surface area contributed by atoms with E-state index in [2.05, 4.69) is 10.2 Å². The Morgan fingerprint density at radius 1 is 1.35 bits per heavy atom. The lowest BCUT2D eigenvalue weighted by atomic mass is 9.80. The van der Waals surface area contributed by atoms with Crippen LogP contribution in [0.2, 0.25) is 0 Å². The fourth-order valence-corrected chi connectivity index (χ4v) is 2.07. The van der Waals surface area contributed by atoms with Gasteiger partial charge in [-0.3, -0.25) is 9.59 Å². The summed E-state index contributed by atoms with van der Waals surface area (Å²) in [5.41, 5.74) is -0.558. The van der Waals surface area contributed by atoms with E-state index in [4.69, 9.17) is 5.11 Å². The lowest BCUT2D eigenvalue weighted by Gasteiger charge is -2.36. The average molecular weight is 242 g/mol. The van der Waals surface area contributed by atoms with Gasteiger partial charge in [0.05, 0.1) is 5.41 Å². The Morgan fingerprint density at radius 3 is 2.41 bits per heavy atom. The van der Waals surface area contributed by atoms with Gasteiger partial charge >= 0.3 is 5.97 Å². The summed E-state index contributed by atoms with van der Waals surface area (Å²) in [6.45, 7) is 4.33. The number of likely N-dealkylation sites (tertiary alicyclic amines) is 1. The maximum atomic E-state index is 11.1. The zero-order valence-corrected chi connectivity index (χ0v) is 10.7. The molecule has 0 aromatic rings. The van der Waals surface area contributed by atoms with Gasteiger partial charge in [0.15, 0.2) is 0 Å². The van der Waals surface area contributed by atoms with Crippen LogP contribution in [0.1, 0.15) is 32.6 Å². The van der Waals surface area contributed by atoms with Crippen LogP contribution >= 0.6 is 0 Å². The monoisotopic (exact) mass is 242 g/mol. The molecular weight excluding hydrogens is 220 g/mol. The van der Waals surface area contributed by atoms with Gasteiger partial charge in [-0.05, 0) is 45.8 Å². The molecule has 5 nitrogen and oxygen atoms in total. The largest absolute Gasteiger partial charge is 0.481 e. The minimum absolute atomic E-state index is 0.0670. The zero-order valence-electron chi connectivity index (χ0n) is 10.7. The standard InChI is InChI=1S/C12H22N2O3/c1-12(11(16)17)5-8-14(9-6-12)7-3-4-10(15)13-2/h3-9H2,1-2H3,(H,13,15)(H,16,17). The fourth-order valence-electron chi connectivity index (χ4n) is 2.07. The summed E-state index contributed by atoms with van der Waals surface area (Å²) in [4.78, 5) is 24.3. The van der Waals surface area contributed by atoms with Crippen molar-refractivity contribution in [3.8, 4) is 0 Å². The molecule has 1 saturated heterocycles. The van der Waals surface area contributed by atoms with Crippen molar-refractivity contribution in [3.63, 3.8) is 0 Å². The van der Waals surface area contributed by atoms with E-state index in [1.165, 1.54) is 0 Å². The number of carboxylic acids is 1. The third-order valence-electron chi connectivity index (χ3n) is 3.63. The molecule has 0 unspecified atom stereocenters. The third-order valence-corrected chi connectivity index (χ3v) is 3.63. The Kier molecular flexibility index (Phi) is 4.93. The highest BCUT2D eigenvalue weighted by Crippen LogP contribution is 2.30. The number of carboxylic acid groups (broad SMARTS) is 1. The molecule has 0 aromatic heterocycles. The molecule has 0 spiro atoms. The Bertz CT molecular complexity index is 283. The molecule has 1 aliphatic heterocycles. The second kappa shape index (κ2) is 6.00. The summed E-state index contributed by atoms with van der Waals surface area (Å²) < 4.78 is 0. The normalized spacial score (nSPS) is 19.9. The van der Waals surface area contributed by atoms with E-state index in [9.17, 15) is 9.59 Å². The maximum Gasteiger partial charge on any atom is 0.309 e. The smallest absolute Gasteiger partial charge is 0.309 e. The van der Waals surface area contributed by atoms with E-state index in [1.807, 2.05) is 6.92 Å². The first-order valence-corrected chi connectivity index (χ1v) is 6.14. The molecule has 0 atom stereocenters. The predicted molar refractivity (Wildman–Crippen MR) is 64.7 cm³/mol. The number of nitrogens with one attached hydrogen (secondary N) is 1. The van der Waals surface area contributed by atoms with Crippen molar-refractivity contribution < 1.29 is 14.7 Å². The molecule has 0 aromatic carbocycles. The summed E-state index contributed by atoms with van der Waals surface area (Å²) in [5, 5.41) is 11.7. The Morgan fingerprint density at radius 2 is 1.94 bits per heavy atom. The van der Waals surface area contributed by atoms with Gasteiger partial charge in [-0.25, -0.2) is 0 Å². The highest BCUT2D eigenvalue weighted by Gasteiger charge is 2.36. The Hall–Kier alpha value is -1.10. The van der Waals surface area contributed by atoms with Crippen LogP contribution in [0.3, 0.4) is 0 Å². The van der Waals surface area contributed by atoms with E-state index in [0.29, 0.717) is 19.3 Å². The van der Waals surface area contributed by atoms with Gasteiger partial charge in [-0.2, -0.15) is 0 Å². The van der Waals surface area contributed by atoms with Gasteiger partial charge < -0.3 is 15.3 Å². The SMILES string of the molecule is CNC(=O)CCCN1CCC(C)(C(=O)O)CC1. The van der Waals surface area contributed by atoms with Gasteiger partial charge in [0.2, 0.25) is 5.91 Å². The van der Waals surface area contributed by atoms with Crippen LogP contribution in [0.4, 0.5) is 0 Å². The molecule has 1 heterocycles. The predicted octanol–water partition coefficient (Wildman–Crippen LogP) is 0.699. The first kappa shape index (κ1) is 14.0. The summed E-state index contributed by atoms with van der Waals surface area (Å²) in [7, 11) is 1.64. The van der Waals surface area contributed by atoms with E-state index in [0.717, 1.165) is 26.1 Å². The number of hydrogen-bond acceptors (Lipinski definition) is 3. The highest BCUT2D eigenvalue weighted by molar-refractivity contribution is 5.75. The topological polar surface area (TPSA) is 69.6 Å². The summed E-state index contributed by atoms with van der Waals surface area (Å²) >= 11 is 0. The molecule has 2 N–H and O–H groups in total. The number of hydrogen-bond donors (Lipinski definition) is 2. The molecule has 1 amide bonds. The molecular formula is C12H22N2O3. The van der Waals surface area contributed by atoms with E-state index < -0.39 is 11.4 Å². The van der Waals surface area contributed by atoms with E-state index in [-0.39, 0.29) is 5.91 Å². The Labute approximate surface area is 102 Å². The molecule has 1 aliphatic rings. The maximum absolute atomic E-state index is 11.1. The van der Waals surface area contributed by atoms with Crippen molar-refractivity contribution in [2.45, 2.75) is 32.6 Å². The third kappa shape index (κ3) is 4.00. The zero-order chi connectivity index (χ0) is 12.9. The second-order valence-electron chi connectivity index (χ2n) is 4.98. The minimum Gasteiger partial charge on any atom is -0.481 e. The lowest BCUT2D eigenvalue weighted by molar-refractivity contribution is -0.150. The van der Waals surface area contributed by atoms with Crippen molar-refractivity contribution >= 4 is 11.9 Å². The summed E-state index contributed by atoms with van der Waals surface area (Å²) in [5.74, 6) is -0.625. The molecule has 5 heteroatoms. The highest BCUT2D eigenvalue weighted by atomic mass is 16.4. The molecule has 0 aliphatic carbocycles. The molecule has 0 bridgehead atoms. The van der Waals surface area contributed by atoms with E-state index in [1.54, 1.807) is 7.05 Å². The van der Waals surface area contributed by atoms with Crippen molar-refractivity contribution in [1.82, 2.24) is 10.2 Å². The second-order valence-corrected chi connectivity index (χ2v) is 4.98. The molecule has 17 heavy (non-hydrogen) atoms.